The molecule has 0 unspecified atom stereocenters. The first-order valence-corrected chi connectivity index (χ1v) is 10.9. The Morgan fingerprint density at radius 1 is 0.881 bits per heavy atom. The molecule has 5 heterocycles. The molecule has 1 aliphatic heterocycles. The number of aromatic hydroxyl groups is 1. The average Bonchev–Trinajstić information content (AvgIpc) is 3.45. The fourth-order valence-corrected chi connectivity index (χ4v) is 3.29. The zero-order valence-corrected chi connectivity index (χ0v) is 22.2. The van der Waals surface area contributed by atoms with E-state index in [-0.39, 0.29) is 40.1 Å². The molecule has 1 fully saturated rings. The summed E-state index contributed by atoms with van der Waals surface area (Å²) in [4.78, 5) is 80.7. The van der Waals surface area contributed by atoms with Crippen LogP contribution in [0.4, 0.5) is 0 Å². The summed E-state index contributed by atoms with van der Waals surface area (Å²) in [5, 5.41) is 58.3. The fraction of sp³-hybridized carbons (Fsp3) is 0.250. The number of carboxylic acid groups (broad SMARTS) is 2. The number of hydrogen-bond acceptors (Lipinski definition) is 16. The summed E-state index contributed by atoms with van der Waals surface area (Å²) in [5.74, 6) is -3.46. The molecule has 0 spiro atoms. The van der Waals surface area contributed by atoms with Crippen molar-refractivity contribution in [2.75, 3.05) is 6.61 Å². The number of aromatic amines is 4. The third-order valence-corrected chi connectivity index (χ3v) is 5.09. The normalized spacial score (nSPS) is 19.0. The van der Waals surface area contributed by atoms with E-state index >= 15 is 0 Å². The Morgan fingerprint density at radius 2 is 1.40 bits per heavy atom. The van der Waals surface area contributed by atoms with Gasteiger partial charge in [-0.25, -0.2) is 19.6 Å². The average molecular weight is 603 g/mol. The molecule has 0 saturated carbocycles. The molecule has 4 atom stereocenters. The largest absolute Gasteiger partial charge is 2.00 e. The van der Waals surface area contributed by atoms with Gasteiger partial charge in [0.05, 0.1) is 36.3 Å². The molecule has 0 aromatic carbocycles. The number of carbonyl (C=O) groups is 2. The van der Waals surface area contributed by atoms with E-state index in [1.807, 2.05) is 19.9 Å². The Labute approximate surface area is 245 Å². The second kappa shape index (κ2) is 14.2. The minimum Gasteiger partial charge on any atom is -0.543 e. The van der Waals surface area contributed by atoms with Crippen molar-refractivity contribution in [2.24, 2.45) is 0 Å². The van der Waals surface area contributed by atoms with Crippen LogP contribution < -0.4 is 32.7 Å². The molecule has 5 rings (SSSR count). The van der Waals surface area contributed by atoms with Gasteiger partial charge in [-0.3, -0.25) is 24.1 Å². The number of rotatable bonds is 4. The third kappa shape index (κ3) is 7.92. The minimum absolute atomic E-state index is 0. The molecule has 21 nitrogen and oxygen atoms in total. The monoisotopic (exact) mass is 602 g/mol. The summed E-state index contributed by atoms with van der Waals surface area (Å²) in [5.41, 5.74) is -3.89. The van der Waals surface area contributed by atoms with E-state index in [0.717, 1.165) is 18.5 Å². The van der Waals surface area contributed by atoms with Gasteiger partial charge in [0.25, 0.3) is 11.1 Å². The molecule has 0 bridgehead atoms. The third-order valence-electron chi connectivity index (χ3n) is 5.09. The zero-order chi connectivity index (χ0) is 30.4. The second-order valence-corrected chi connectivity index (χ2v) is 7.83. The first kappa shape index (κ1) is 33.5. The smallest absolute Gasteiger partial charge is 0.543 e. The number of hydrogen-bond donors (Lipinski definition) is 8. The maximum Gasteiger partial charge on any atom is 2.00 e. The number of ether oxygens (including phenoxy) is 1. The van der Waals surface area contributed by atoms with Crippen molar-refractivity contribution in [3.8, 4) is 5.88 Å². The van der Waals surface area contributed by atoms with Crippen LogP contribution in [0.25, 0.3) is 11.2 Å². The molecule has 4 aromatic heterocycles. The zero-order valence-electron chi connectivity index (χ0n) is 20.8. The number of aliphatic hydroxyl groups excluding tert-OH is 3. The molecule has 0 radical (unpaired) electrons. The van der Waals surface area contributed by atoms with Gasteiger partial charge in [0.2, 0.25) is 5.88 Å². The predicted octanol–water partition coefficient (Wildman–Crippen LogP) is -7.38. The number of fused-ring (bicyclic) bond motifs is 1. The Bertz CT molecular complexity index is 1660. The van der Waals surface area contributed by atoms with Crippen molar-refractivity contribution in [3.63, 3.8) is 0 Å². The number of nitrogens with zero attached hydrogens (tertiary/aromatic N) is 4. The van der Waals surface area contributed by atoms with E-state index in [0.29, 0.717) is 0 Å². The van der Waals surface area contributed by atoms with E-state index < -0.39 is 77.0 Å². The van der Waals surface area contributed by atoms with Gasteiger partial charge >= 0.3 is 34.4 Å². The first-order chi connectivity index (χ1) is 19.3. The number of aliphatic hydroxyl groups is 3. The first-order valence-electron chi connectivity index (χ1n) is 10.9. The quantitative estimate of drug-likeness (QED) is 0.100. The summed E-state index contributed by atoms with van der Waals surface area (Å²) < 4.78 is 6.73. The summed E-state index contributed by atoms with van der Waals surface area (Å²) in [6.07, 6.45) is -1.79. The summed E-state index contributed by atoms with van der Waals surface area (Å²) in [6.45, 7) is -0.415. The van der Waals surface area contributed by atoms with Crippen molar-refractivity contribution in [1.82, 2.24) is 39.5 Å². The van der Waals surface area contributed by atoms with Crippen LogP contribution in [0, 0.1) is 0 Å². The maximum atomic E-state index is 10.4. The second-order valence-electron chi connectivity index (χ2n) is 7.83. The molecule has 8 N–H and O–H groups in total. The van der Waals surface area contributed by atoms with E-state index in [1.54, 1.807) is 0 Å². The molecule has 4 aromatic rings. The number of aromatic nitrogens is 8. The number of nitrogens with one attached hydrogen (secondary N) is 4. The van der Waals surface area contributed by atoms with Crippen molar-refractivity contribution >= 4 is 46.2 Å². The molecule has 22 heteroatoms. The Kier molecular flexibility index (Phi) is 11.3. The number of imidazole rings is 1. The van der Waals surface area contributed by atoms with Gasteiger partial charge in [-0.15, -0.1) is 0 Å². The van der Waals surface area contributed by atoms with Gasteiger partial charge in [0, 0.05) is 12.1 Å². The van der Waals surface area contributed by atoms with E-state index in [1.165, 1.54) is 10.9 Å². The molecule has 0 amide bonds. The van der Waals surface area contributed by atoms with Crippen molar-refractivity contribution in [1.29, 1.82) is 0 Å². The SMILES string of the molecule is O=C([O-])c1cc(=O)[nH]c(=O)[nH]1.O=C([O-])c1cc(=O)[nH]c(=O)[nH]1.OC[C@H]1O[C@@H](n2cnc3c(O)ncnc32)[C@H](O)[C@@H]1O.[Mg+2]. The number of H-pyrrole nitrogens is 4. The van der Waals surface area contributed by atoms with E-state index in [9.17, 15) is 54.3 Å². The van der Waals surface area contributed by atoms with Gasteiger partial charge < -0.3 is 54.9 Å². The molecule has 42 heavy (non-hydrogen) atoms. The Balaban J connectivity index is 0.000000233. The molecular weight excluding hydrogens is 585 g/mol. The van der Waals surface area contributed by atoms with Crippen LogP contribution in [0.5, 0.6) is 5.88 Å². The molecular formula is C20H18MgN8O13. The van der Waals surface area contributed by atoms with Gasteiger partial charge in [-0.2, -0.15) is 4.98 Å². The predicted molar refractivity (Wildman–Crippen MR) is 130 cm³/mol. The van der Waals surface area contributed by atoms with Crippen LogP contribution >= 0.6 is 0 Å². The number of carbonyl (C=O) groups excluding carboxylic acids is 2. The topological polar surface area (TPSA) is 345 Å². The molecule has 1 saturated heterocycles. The summed E-state index contributed by atoms with van der Waals surface area (Å²) in [6, 6.07) is 1.47. The van der Waals surface area contributed by atoms with Crippen LogP contribution in [-0.2, 0) is 4.74 Å². The van der Waals surface area contributed by atoms with Gasteiger partial charge in [0.1, 0.15) is 24.6 Å². The minimum atomic E-state index is -1.59. The van der Waals surface area contributed by atoms with Gasteiger partial charge in [-0.1, -0.05) is 0 Å². The van der Waals surface area contributed by atoms with E-state index in [2.05, 4.69) is 15.0 Å². The standard InChI is InChI=1S/C10H12N4O5.2C5H4N2O4.Mg/c15-1-4-6(16)7(17)10(19-4)14-3-13-5-8(14)11-2-12-9(5)18;2*8-3-1-2(4(9)10)6-5(11)7-3;/h2-4,6-7,10,15-17H,1H2,(H,11,12,18);2*1H,(H,9,10)(H2,6,7,8,11);/q;;;+2/p-2/t4-,6-,7-,10-;;;/m1.../s1. The van der Waals surface area contributed by atoms with Crippen molar-refractivity contribution in [3.05, 3.63) is 77.9 Å². The number of aromatic carboxylic acids is 2. The maximum absolute atomic E-state index is 10.4. The van der Waals surface area contributed by atoms with Crippen LogP contribution in [0.15, 0.2) is 44.0 Å². The molecule has 1 aliphatic rings. The fourth-order valence-electron chi connectivity index (χ4n) is 3.29. The molecule has 0 aliphatic carbocycles. The number of carboxylic acids is 2. The van der Waals surface area contributed by atoms with Crippen LogP contribution in [0.3, 0.4) is 0 Å². The summed E-state index contributed by atoms with van der Waals surface area (Å²) >= 11 is 0. The van der Waals surface area contributed by atoms with Crippen molar-refractivity contribution in [2.45, 2.75) is 24.5 Å². The van der Waals surface area contributed by atoms with Crippen molar-refractivity contribution < 1.29 is 45.0 Å². The summed E-state index contributed by atoms with van der Waals surface area (Å²) in [7, 11) is 0. The Morgan fingerprint density at radius 3 is 1.83 bits per heavy atom. The van der Waals surface area contributed by atoms with Crippen LogP contribution in [0.1, 0.15) is 27.2 Å². The van der Waals surface area contributed by atoms with Gasteiger partial charge in [-0.05, 0) is 0 Å². The Hall–Kier alpha value is -4.74. The van der Waals surface area contributed by atoms with Gasteiger partial charge in [0.15, 0.2) is 17.4 Å². The van der Waals surface area contributed by atoms with Crippen LogP contribution in [-0.4, -0.2) is 120 Å². The van der Waals surface area contributed by atoms with E-state index in [4.69, 9.17) is 9.84 Å². The molecule has 218 valence electrons. The van der Waals surface area contributed by atoms with Crippen LogP contribution in [0.2, 0.25) is 0 Å².